The third kappa shape index (κ3) is 9.11. The Morgan fingerprint density at radius 1 is 0.396 bits per heavy atom. The van der Waals surface area contributed by atoms with E-state index in [4.69, 9.17) is 18.3 Å². The van der Waals surface area contributed by atoms with E-state index >= 15 is 0 Å². The summed E-state index contributed by atoms with van der Waals surface area (Å²) in [6.07, 6.45) is 0. The molecule has 16 aromatic rings. The van der Waals surface area contributed by atoms with Crippen molar-refractivity contribution in [3.8, 4) is 67.6 Å². The number of benzene rings is 12. The van der Waals surface area contributed by atoms with Crippen molar-refractivity contribution in [1.82, 2.24) is 14.1 Å². The first kappa shape index (κ1) is 52.3. The van der Waals surface area contributed by atoms with Crippen LogP contribution in [0.3, 0.4) is 0 Å². The number of furan rings is 1. The monoisotopic (exact) mass is 1240 g/mol. The molecule has 0 bridgehead atoms. The molecular weight excluding hydrogens is 1170 g/mol. The Morgan fingerprint density at radius 2 is 1.04 bits per heavy atom. The lowest BCUT2D eigenvalue weighted by Crippen LogP contribution is -2.59. The van der Waals surface area contributed by atoms with E-state index in [1.54, 1.807) is 0 Å². The SMILES string of the molecule is [2H]c1c([2H])c([2H])c(-c2ccc3c(c2)B2c4cc(-c5cc(-n6c7ccc(C(C)(C)C)cc7c7cc(C(C)(C)C)ccc76)cc(-n6c7ccccc7c7ccc8oc9ccccc9c8c76)n5)ccc4N(c4ccccc4-c4ccccc4)c4cc(-c5cccc(C(C)(C)C)c5)cc(c42)O3)c([2H])c1[2H]. The second-order valence-electron chi connectivity index (χ2n) is 29.2. The van der Waals surface area contributed by atoms with Gasteiger partial charge in [-0.15, -0.1) is 0 Å². The van der Waals surface area contributed by atoms with Crippen molar-refractivity contribution in [3.63, 3.8) is 0 Å². The first-order valence-corrected chi connectivity index (χ1v) is 33.3. The lowest BCUT2D eigenvalue weighted by Gasteiger charge is -2.41. The van der Waals surface area contributed by atoms with E-state index < -0.39 is 24.8 Å². The lowest BCUT2D eigenvalue weighted by atomic mass is 9.34. The Morgan fingerprint density at radius 3 is 1.80 bits per heavy atom. The van der Waals surface area contributed by atoms with E-state index in [9.17, 15) is 2.74 Å². The maximum atomic E-state index is 9.31. The summed E-state index contributed by atoms with van der Waals surface area (Å²) >= 11 is 0. The van der Waals surface area contributed by atoms with E-state index in [1.807, 2.05) is 30.3 Å². The van der Waals surface area contributed by atoms with Gasteiger partial charge in [0.1, 0.15) is 28.5 Å². The molecule has 0 unspecified atom stereocenters. The second kappa shape index (κ2) is 21.2. The minimum atomic E-state index is -0.521. The maximum absolute atomic E-state index is 9.31. The molecule has 0 aliphatic carbocycles. The summed E-state index contributed by atoms with van der Waals surface area (Å²) in [5, 5.41) is 6.55. The van der Waals surface area contributed by atoms with Gasteiger partial charge in [-0.25, -0.2) is 4.98 Å². The van der Waals surface area contributed by atoms with Gasteiger partial charge in [-0.3, -0.25) is 4.57 Å². The number of nitrogens with zero attached hydrogens (tertiary/aromatic N) is 4. The molecule has 2 aliphatic rings. The molecule has 462 valence electrons. The summed E-state index contributed by atoms with van der Waals surface area (Å²) in [5.74, 6) is 2.01. The molecule has 6 nitrogen and oxygen atoms in total. The molecule has 0 saturated carbocycles. The molecule has 6 heterocycles. The van der Waals surface area contributed by atoms with Crippen molar-refractivity contribution >= 4 is 106 Å². The van der Waals surface area contributed by atoms with Gasteiger partial charge in [-0.2, -0.15) is 0 Å². The zero-order chi connectivity index (χ0) is 69.4. The van der Waals surface area contributed by atoms with E-state index in [2.05, 4.69) is 283 Å². The number of hydrogen-bond acceptors (Lipinski definition) is 4. The summed E-state index contributed by atoms with van der Waals surface area (Å²) in [7, 11) is 0. The summed E-state index contributed by atoms with van der Waals surface area (Å²) in [6.45, 7) is 19.9. The van der Waals surface area contributed by atoms with Gasteiger partial charge >= 0.3 is 0 Å². The van der Waals surface area contributed by atoms with Crippen molar-refractivity contribution < 1.29 is 16.0 Å². The average molecular weight is 1240 g/mol. The molecule has 7 heteroatoms. The molecule has 18 rings (SSSR count). The van der Waals surface area contributed by atoms with Gasteiger partial charge in [0.05, 0.1) is 51.4 Å². The van der Waals surface area contributed by atoms with Crippen molar-refractivity contribution in [1.29, 1.82) is 0 Å². The quantitative estimate of drug-likeness (QED) is 0.149. The predicted molar refractivity (Wildman–Crippen MR) is 404 cm³/mol. The highest BCUT2D eigenvalue weighted by Gasteiger charge is 2.43. The topological polar surface area (TPSA) is 48.4 Å². The maximum Gasteiger partial charge on any atom is 0.256 e. The highest BCUT2D eigenvalue weighted by molar-refractivity contribution is 6.99. The van der Waals surface area contributed by atoms with Gasteiger partial charge in [0.15, 0.2) is 0 Å². The number of para-hydroxylation sites is 3. The average Bonchev–Trinajstić information content (AvgIpc) is 1.46. The number of pyridine rings is 1. The minimum absolute atomic E-state index is 0.111. The number of aromatic nitrogens is 3. The van der Waals surface area contributed by atoms with Gasteiger partial charge in [-0.05, 0) is 168 Å². The van der Waals surface area contributed by atoms with Crippen molar-refractivity contribution in [3.05, 3.63) is 283 Å². The predicted octanol–water partition coefficient (Wildman–Crippen LogP) is 22.1. The van der Waals surface area contributed by atoms with Crippen LogP contribution < -0.4 is 26.0 Å². The fourth-order valence-corrected chi connectivity index (χ4v) is 15.2. The van der Waals surface area contributed by atoms with Crippen molar-refractivity contribution in [2.24, 2.45) is 0 Å². The Labute approximate surface area is 567 Å². The van der Waals surface area contributed by atoms with E-state index in [1.165, 1.54) is 27.5 Å². The largest absolute Gasteiger partial charge is 0.458 e. The number of rotatable bonds is 7. The molecule has 2 aliphatic heterocycles. The molecule has 0 atom stereocenters. The van der Waals surface area contributed by atoms with Crippen LogP contribution in [-0.4, -0.2) is 20.8 Å². The van der Waals surface area contributed by atoms with Gasteiger partial charge in [0.25, 0.3) is 6.71 Å². The second-order valence-corrected chi connectivity index (χ2v) is 29.2. The first-order valence-electron chi connectivity index (χ1n) is 35.8. The normalized spacial score (nSPS) is 13.8. The van der Waals surface area contributed by atoms with Crippen LogP contribution in [-0.2, 0) is 16.2 Å². The molecule has 0 amide bonds. The Hall–Kier alpha value is -11.1. The number of anilines is 3. The fourth-order valence-electron chi connectivity index (χ4n) is 15.2. The molecule has 4 aromatic heterocycles. The summed E-state index contributed by atoms with van der Waals surface area (Å²) in [6, 6.07) is 82.9. The van der Waals surface area contributed by atoms with Crippen molar-refractivity contribution in [2.45, 2.75) is 78.6 Å². The Bertz CT molecular complexity index is 6120. The molecule has 0 spiro atoms. The first-order chi connectivity index (χ1) is 48.5. The minimum Gasteiger partial charge on any atom is -0.458 e. The lowest BCUT2D eigenvalue weighted by molar-refractivity contribution is 0.488. The zero-order valence-corrected chi connectivity index (χ0v) is 55.2. The molecule has 0 N–H and O–H groups in total. The molecule has 0 radical (unpaired) electrons. The zero-order valence-electron chi connectivity index (χ0n) is 60.2. The number of ether oxygens (including phenoxy) is 1. The van der Waals surface area contributed by atoms with E-state index in [0.29, 0.717) is 17.1 Å². The molecule has 0 saturated heterocycles. The van der Waals surface area contributed by atoms with Gasteiger partial charge in [-0.1, -0.05) is 238 Å². The molecule has 0 fully saturated rings. The van der Waals surface area contributed by atoms with Gasteiger partial charge in [0.2, 0.25) is 0 Å². The molecule has 12 aromatic carbocycles. The number of hydrogen-bond donors (Lipinski definition) is 0. The standard InChI is InChI=1S/C89H71BN4O2/c1-87(2,3)60-28-22-27-56(45-60)59-48-78-85-82(49-59)96-80-43-36-57(54-23-12-10-13-24-54)46-71(80)90(85)70-47-58(35-40-77(70)93(78)73-32-19-16-29-64(73)55-25-14-11-15-26-55)72-52-63(92-75-41-37-61(88(4,5)6)50-68(75)69-51-62(89(7,8)9)38-42-76(69)92)53-83(91-72)94-74-33-20-17-30-65(74)66-39-44-81-84(86(66)94)67-31-18-21-34-79(67)95-81/h10-53H,1-9H3/i10D,12D,13D,23D,24D. The van der Waals surface area contributed by atoms with Crippen LogP contribution >= 0.6 is 0 Å². The Balaban J connectivity index is 0.955. The van der Waals surface area contributed by atoms with Crippen LogP contribution in [0.1, 0.15) is 85.9 Å². The van der Waals surface area contributed by atoms with Crippen LogP contribution in [0.25, 0.3) is 122 Å². The Kier molecular flexibility index (Phi) is 11.5. The van der Waals surface area contributed by atoms with Crippen LogP contribution in [0.2, 0.25) is 0 Å². The van der Waals surface area contributed by atoms with Crippen molar-refractivity contribution in [2.75, 3.05) is 4.90 Å². The third-order valence-corrected chi connectivity index (χ3v) is 20.1. The fraction of sp³-hybridized carbons (Fsp3) is 0.135. The highest BCUT2D eigenvalue weighted by Crippen LogP contribution is 2.49. The van der Waals surface area contributed by atoms with Crippen LogP contribution in [0, 0.1) is 0 Å². The van der Waals surface area contributed by atoms with E-state index in [0.717, 1.165) is 133 Å². The molecule has 96 heavy (non-hydrogen) atoms. The van der Waals surface area contributed by atoms with Gasteiger partial charge in [0, 0.05) is 49.9 Å². The summed E-state index contributed by atoms with van der Waals surface area (Å²) < 4.78 is 63.8. The van der Waals surface area contributed by atoms with Gasteiger partial charge < -0.3 is 18.6 Å². The smallest absolute Gasteiger partial charge is 0.256 e. The third-order valence-electron chi connectivity index (χ3n) is 20.1. The number of fused-ring (bicyclic) bond motifs is 14. The summed E-state index contributed by atoms with van der Waals surface area (Å²) in [5.41, 5.74) is 21.9. The summed E-state index contributed by atoms with van der Waals surface area (Å²) in [4.78, 5) is 8.39. The van der Waals surface area contributed by atoms with Crippen LogP contribution in [0.5, 0.6) is 11.5 Å². The van der Waals surface area contributed by atoms with E-state index in [-0.39, 0.29) is 33.9 Å². The molecular formula is C89H71BN4O2. The van der Waals surface area contributed by atoms with Crippen LogP contribution in [0.4, 0.5) is 17.1 Å². The highest BCUT2D eigenvalue weighted by atomic mass is 16.5. The van der Waals surface area contributed by atoms with Crippen LogP contribution in [0.15, 0.2) is 271 Å².